The zero-order valence-corrected chi connectivity index (χ0v) is 14.6. The summed E-state index contributed by atoms with van der Waals surface area (Å²) in [6, 6.07) is 3.97. The lowest BCUT2D eigenvalue weighted by molar-refractivity contribution is 0.576. The fourth-order valence-electron chi connectivity index (χ4n) is 2.40. The Bertz CT molecular complexity index is 551. The zero-order valence-electron chi connectivity index (χ0n) is 12.3. The normalized spacial score (nSPS) is 17.6. The van der Waals surface area contributed by atoms with Gasteiger partial charge in [0.2, 0.25) is 0 Å². The number of rotatable bonds is 3. The van der Waals surface area contributed by atoms with Crippen LogP contribution in [0.3, 0.4) is 0 Å². The highest BCUT2D eigenvalue weighted by molar-refractivity contribution is 14.0. The second kappa shape index (κ2) is 8.78. The molecule has 120 valence electrons. The molecule has 1 unspecified atom stereocenters. The van der Waals surface area contributed by atoms with Gasteiger partial charge in [0.25, 0.3) is 0 Å². The smallest absolute Gasteiger partial charge is 0.192 e. The van der Waals surface area contributed by atoms with E-state index < -0.39 is 11.6 Å². The van der Waals surface area contributed by atoms with E-state index >= 15 is 0 Å². The number of aliphatic imine (C=N–C) groups is 1. The number of nitrogens with one attached hydrogen (secondary N) is 2. The van der Waals surface area contributed by atoms with Crippen molar-refractivity contribution in [2.45, 2.75) is 12.5 Å². The van der Waals surface area contributed by atoms with Gasteiger partial charge in [-0.15, -0.1) is 30.4 Å². The Hall–Kier alpha value is -1.56. The van der Waals surface area contributed by atoms with E-state index in [-0.39, 0.29) is 35.7 Å². The fraction of sp³-hybridized carbons (Fsp3) is 0.400. The Morgan fingerprint density at radius 3 is 2.73 bits per heavy atom. The first-order chi connectivity index (χ1) is 10.2. The van der Waals surface area contributed by atoms with Crippen molar-refractivity contribution in [1.29, 1.82) is 0 Å². The monoisotopic (exact) mass is 420 g/mol. The van der Waals surface area contributed by atoms with Crippen molar-refractivity contribution >= 4 is 35.6 Å². The quantitative estimate of drug-likeness (QED) is 0.340. The summed E-state index contributed by atoms with van der Waals surface area (Å²) in [6.45, 7) is 1.47. The molecule has 1 atom stereocenters. The first kappa shape index (κ1) is 18.5. The van der Waals surface area contributed by atoms with Crippen LogP contribution in [-0.4, -0.2) is 38.7 Å². The molecule has 2 N–H and O–H groups in total. The number of guanidine groups is 1. The van der Waals surface area contributed by atoms with E-state index in [0.717, 1.165) is 6.42 Å². The van der Waals surface area contributed by atoms with Gasteiger partial charge in [0.15, 0.2) is 5.96 Å². The topological polar surface area (TPSA) is 39.7 Å². The molecular formula is C15H19F2IN4. The molecule has 1 heterocycles. The SMILES string of the molecule is C#CCNC(=NC)NC1CCN(c2c(F)cccc2F)C1.I. The lowest BCUT2D eigenvalue weighted by Crippen LogP contribution is -2.44. The van der Waals surface area contributed by atoms with Crippen LogP contribution in [0.15, 0.2) is 23.2 Å². The van der Waals surface area contributed by atoms with Gasteiger partial charge in [0, 0.05) is 26.2 Å². The molecule has 1 saturated heterocycles. The number of para-hydroxylation sites is 1. The minimum atomic E-state index is -0.537. The fourth-order valence-corrected chi connectivity index (χ4v) is 2.40. The summed E-state index contributed by atoms with van der Waals surface area (Å²) < 4.78 is 27.5. The third kappa shape index (κ3) is 4.47. The van der Waals surface area contributed by atoms with Crippen LogP contribution in [0.4, 0.5) is 14.5 Å². The van der Waals surface area contributed by atoms with Crippen LogP contribution < -0.4 is 15.5 Å². The van der Waals surface area contributed by atoms with E-state index in [1.54, 1.807) is 11.9 Å². The van der Waals surface area contributed by atoms with E-state index in [1.807, 2.05) is 0 Å². The highest BCUT2D eigenvalue weighted by Gasteiger charge is 2.27. The number of nitrogens with zero attached hydrogens (tertiary/aromatic N) is 2. The van der Waals surface area contributed by atoms with Crippen LogP contribution >= 0.6 is 24.0 Å². The van der Waals surface area contributed by atoms with E-state index in [1.165, 1.54) is 18.2 Å². The maximum Gasteiger partial charge on any atom is 0.192 e. The van der Waals surface area contributed by atoms with Gasteiger partial charge in [0.1, 0.15) is 17.3 Å². The highest BCUT2D eigenvalue weighted by Crippen LogP contribution is 2.26. The molecule has 0 aromatic heterocycles. The Kier molecular flexibility index (Phi) is 7.38. The number of hydrogen-bond acceptors (Lipinski definition) is 2. The summed E-state index contributed by atoms with van der Waals surface area (Å²) in [7, 11) is 1.65. The van der Waals surface area contributed by atoms with E-state index in [2.05, 4.69) is 21.5 Å². The van der Waals surface area contributed by atoms with Crippen molar-refractivity contribution in [3.05, 3.63) is 29.8 Å². The summed E-state index contributed by atoms with van der Waals surface area (Å²) >= 11 is 0. The van der Waals surface area contributed by atoms with Crippen LogP contribution in [0.5, 0.6) is 0 Å². The minimum Gasteiger partial charge on any atom is -0.365 e. The number of anilines is 1. The average molecular weight is 420 g/mol. The number of benzene rings is 1. The van der Waals surface area contributed by atoms with Crippen molar-refractivity contribution in [3.8, 4) is 12.3 Å². The van der Waals surface area contributed by atoms with Crippen LogP contribution in [0.2, 0.25) is 0 Å². The van der Waals surface area contributed by atoms with E-state index in [9.17, 15) is 8.78 Å². The summed E-state index contributed by atoms with van der Waals surface area (Å²) in [6.07, 6.45) is 5.95. The van der Waals surface area contributed by atoms with Gasteiger partial charge in [-0.25, -0.2) is 8.78 Å². The Morgan fingerprint density at radius 2 is 2.14 bits per heavy atom. The second-order valence-electron chi connectivity index (χ2n) is 4.78. The van der Waals surface area contributed by atoms with Crippen molar-refractivity contribution in [2.75, 3.05) is 31.6 Å². The molecule has 0 amide bonds. The van der Waals surface area contributed by atoms with Gasteiger partial charge >= 0.3 is 0 Å². The first-order valence-electron chi connectivity index (χ1n) is 6.75. The molecule has 2 rings (SSSR count). The summed E-state index contributed by atoms with van der Waals surface area (Å²) in [4.78, 5) is 5.76. The maximum absolute atomic E-state index is 13.8. The van der Waals surface area contributed by atoms with Gasteiger partial charge in [-0.1, -0.05) is 12.0 Å². The minimum absolute atomic E-state index is 0. The van der Waals surface area contributed by atoms with Gasteiger partial charge in [0.05, 0.1) is 6.54 Å². The molecular weight excluding hydrogens is 401 g/mol. The molecule has 1 aliphatic rings. The average Bonchev–Trinajstić information content (AvgIpc) is 2.91. The Morgan fingerprint density at radius 1 is 1.45 bits per heavy atom. The third-order valence-corrected chi connectivity index (χ3v) is 3.36. The number of terminal acetylenes is 1. The molecule has 0 aliphatic carbocycles. The van der Waals surface area contributed by atoms with Gasteiger partial charge in [-0.05, 0) is 18.6 Å². The molecule has 1 fully saturated rings. The molecule has 1 aromatic rings. The number of halogens is 3. The molecule has 4 nitrogen and oxygen atoms in total. The molecule has 0 saturated carbocycles. The molecule has 0 spiro atoms. The van der Waals surface area contributed by atoms with Crippen molar-refractivity contribution in [1.82, 2.24) is 10.6 Å². The Balaban J connectivity index is 0.00000242. The molecule has 1 aliphatic heterocycles. The van der Waals surface area contributed by atoms with Gasteiger partial charge < -0.3 is 15.5 Å². The van der Waals surface area contributed by atoms with Crippen molar-refractivity contribution in [3.63, 3.8) is 0 Å². The molecule has 0 bridgehead atoms. The third-order valence-electron chi connectivity index (χ3n) is 3.36. The van der Waals surface area contributed by atoms with Crippen LogP contribution in [0.1, 0.15) is 6.42 Å². The summed E-state index contributed by atoms with van der Waals surface area (Å²) in [5, 5.41) is 6.16. The molecule has 7 heteroatoms. The van der Waals surface area contributed by atoms with E-state index in [0.29, 0.717) is 25.6 Å². The number of hydrogen-bond donors (Lipinski definition) is 2. The van der Waals surface area contributed by atoms with Crippen molar-refractivity contribution < 1.29 is 8.78 Å². The van der Waals surface area contributed by atoms with Crippen LogP contribution in [0, 0.1) is 24.0 Å². The first-order valence-corrected chi connectivity index (χ1v) is 6.75. The lowest BCUT2D eigenvalue weighted by Gasteiger charge is -2.21. The molecule has 0 radical (unpaired) electrons. The molecule has 22 heavy (non-hydrogen) atoms. The van der Waals surface area contributed by atoms with Crippen molar-refractivity contribution in [2.24, 2.45) is 4.99 Å². The van der Waals surface area contributed by atoms with Crippen LogP contribution in [-0.2, 0) is 0 Å². The van der Waals surface area contributed by atoms with Gasteiger partial charge in [-0.3, -0.25) is 4.99 Å². The lowest BCUT2D eigenvalue weighted by atomic mass is 10.2. The van der Waals surface area contributed by atoms with E-state index in [4.69, 9.17) is 6.42 Å². The highest BCUT2D eigenvalue weighted by atomic mass is 127. The van der Waals surface area contributed by atoms with Crippen LogP contribution in [0.25, 0.3) is 0 Å². The standard InChI is InChI=1S/C15H18F2N4.HI/c1-3-8-19-15(18-2)20-11-7-9-21(10-11)14-12(16)5-4-6-13(14)17;/h1,4-6,11H,7-10H2,2H3,(H2,18,19,20);1H. The largest absolute Gasteiger partial charge is 0.365 e. The predicted octanol–water partition coefficient (Wildman–Crippen LogP) is 1.96. The second-order valence-corrected chi connectivity index (χ2v) is 4.78. The zero-order chi connectivity index (χ0) is 15.2. The summed E-state index contributed by atoms with van der Waals surface area (Å²) in [5.74, 6) is 1.98. The Labute approximate surface area is 146 Å². The maximum atomic E-state index is 13.8. The van der Waals surface area contributed by atoms with Gasteiger partial charge in [-0.2, -0.15) is 0 Å². The predicted molar refractivity (Wildman–Crippen MR) is 95.7 cm³/mol. The summed E-state index contributed by atoms with van der Waals surface area (Å²) in [5.41, 5.74) is 0.0355. The molecule has 1 aromatic carbocycles.